The summed E-state index contributed by atoms with van der Waals surface area (Å²) in [6.07, 6.45) is 0. The number of hydrogen-bond donors (Lipinski definition) is 1. The van der Waals surface area contributed by atoms with Crippen LogP contribution in [0.2, 0.25) is 15.2 Å². The van der Waals surface area contributed by atoms with Crippen LogP contribution in [-0.2, 0) is 0 Å². The molecule has 2 nitrogen and oxygen atoms in total. The van der Waals surface area contributed by atoms with Crippen molar-refractivity contribution in [2.75, 3.05) is 0 Å². The molecule has 1 heterocycles. The summed E-state index contributed by atoms with van der Waals surface area (Å²) in [5.41, 5.74) is 1.69. The number of H-pyrrole nitrogens is 1. The van der Waals surface area contributed by atoms with Gasteiger partial charge in [0, 0.05) is 10.6 Å². The first-order valence-corrected chi connectivity index (χ1v) is 5.50. The molecule has 1 aromatic carbocycles. The Labute approximate surface area is 107 Å². The van der Waals surface area contributed by atoms with Gasteiger partial charge in [0.2, 0.25) is 0 Å². The molecule has 16 heavy (non-hydrogen) atoms. The summed E-state index contributed by atoms with van der Waals surface area (Å²) in [5, 5.41) is 10.1. The summed E-state index contributed by atoms with van der Waals surface area (Å²) in [5.74, 6) is 0. The zero-order valence-corrected chi connectivity index (χ0v) is 10.2. The lowest BCUT2D eigenvalue weighted by Crippen LogP contribution is -1.81. The molecule has 0 spiro atoms. The molecule has 0 saturated heterocycles. The quantitative estimate of drug-likeness (QED) is 0.814. The first-order valence-electron chi connectivity index (χ1n) is 4.36. The van der Waals surface area contributed by atoms with E-state index in [9.17, 15) is 0 Å². The number of halogens is 3. The molecule has 1 aromatic heterocycles. The molecule has 0 saturated carbocycles. The van der Waals surface area contributed by atoms with Gasteiger partial charge >= 0.3 is 0 Å². The minimum Gasteiger partial charge on any atom is -0.343 e. The summed E-state index contributed by atoms with van der Waals surface area (Å²) in [7, 11) is 0. The molecule has 0 aliphatic heterocycles. The van der Waals surface area contributed by atoms with E-state index in [1.807, 2.05) is 12.1 Å². The van der Waals surface area contributed by atoms with E-state index >= 15 is 0 Å². The Kier molecular flexibility index (Phi) is 3.11. The third kappa shape index (κ3) is 1.90. The highest BCUT2D eigenvalue weighted by molar-refractivity contribution is 6.42. The number of benzene rings is 1. The monoisotopic (exact) mass is 270 g/mol. The van der Waals surface area contributed by atoms with Crippen molar-refractivity contribution in [3.63, 3.8) is 0 Å². The van der Waals surface area contributed by atoms with E-state index < -0.39 is 0 Å². The first-order chi connectivity index (χ1) is 7.63. The van der Waals surface area contributed by atoms with Crippen LogP contribution in [0.5, 0.6) is 0 Å². The van der Waals surface area contributed by atoms with Gasteiger partial charge in [0.1, 0.15) is 11.2 Å². The van der Waals surface area contributed by atoms with Crippen LogP contribution < -0.4 is 0 Å². The molecule has 0 aliphatic carbocycles. The predicted molar refractivity (Wildman–Crippen MR) is 66.0 cm³/mol. The molecular weight excluding hydrogens is 266 g/mol. The fraction of sp³-hybridized carbons (Fsp3) is 0. The molecule has 0 radical (unpaired) electrons. The van der Waals surface area contributed by atoms with Crippen LogP contribution in [0.3, 0.4) is 0 Å². The summed E-state index contributed by atoms with van der Waals surface area (Å²) in [6.45, 7) is 0. The van der Waals surface area contributed by atoms with Crippen molar-refractivity contribution in [1.82, 2.24) is 4.98 Å². The minimum absolute atomic E-state index is 0.235. The smallest absolute Gasteiger partial charge is 0.127 e. The lowest BCUT2D eigenvalue weighted by Gasteiger charge is -1.99. The number of nitrogens with zero attached hydrogens (tertiary/aromatic N) is 1. The largest absolute Gasteiger partial charge is 0.343 e. The van der Waals surface area contributed by atoms with Crippen LogP contribution >= 0.6 is 34.8 Å². The Morgan fingerprint density at radius 3 is 2.56 bits per heavy atom. The van der Waals surface area contributed by atoms with E-state index in [0.29, 0.717) is 16.3 Å². The average molecular weight is 272 g/mol. The third-order valence-corrected chi connectivity index (χ3v) is 3.12. The highest BCUT2D eigenvalue weighted by Gasteiger charge is 2.15. The maximum absolute atomic E-state index is 9.00. The van der Waals surface area contributed by atoms with E-state index in [1.165, 1.54) is 0 Å². The number of hydrogen-bond acceptors (Lipinski definition) is 1. The molecule has 80 valence electrons. The van der Waals surface area contributed by atoms with Crippen LogP contribution in [0.25, 0.3) is 11.3 Å². The molecule has 0 fully saturated rings. The van der Waals surface area contributed by atoms with Gasteiger partial charge in [-0.25, -0.2) is 0 Å². The lowest BCUT2D eigenvalue weighted by atomic mass is 10.1. The van der Waals surface area contributed by atoms with E-state index in [4.69, 9.17) is 40.1 Å². The second-order valence-electron chi connectivity index (χ2n) is 3.13. The van der Waals surface area contributed by atoms with Crippen LogP contribution in [0.4, 0.5) is 0 Å². The van der Waals surface area contributed by atoms with Gasteiger partial charge in [0.05, 0.1) is 16.3 Å². The topological polar surface area (TPSA) is 39.6 Å². The molecule has 0 amide bonds. The Morgan fingerprint density at radius 2 is 1.94 bits per heavy atom. The third-order valence-electron chi connectivity index (χ3n) is 2.12. The van der Waals surface area contributed by atoms with Crippen molar-refractivity contribution in [3.05, 3.63) is 45.0 Å². The molecule has 0 atom stereocenters. The molecule has 1 N–H and O–H groups in total. The number of aromatic amines is 1. The fourth-order valence-corrected chi connectivity index (χ4v) is 1.98. The number of nitrogens with one attached hydrogen (secondary N) is 1. The van der Waals surface area contributed by atoms with Crippen LogP contribution in [0.15, 0.2) is 24.3 Å². The van der Waals surface area contributed by atoms with Gasteiger partial charge in [-0.1, -0.05) is 46.9 Å². The summed E-state index contributed by atoms with van der Waals surface area (Å²) < 4.78 is 0. The second-order valence-corrected chi connectivity index (χ2v) is 4.32. The van der Waals surface area contributed by atoms with Crippen LogP contribution in [-0.4, -0.2) is 4.98 Å². The molecule has 5 heteroatoms. The van der Waals surface area contributed by atoms with Gasteiger partial charge in [0.25, 0.3) is 0 Å². The van der Waals surface area contributed by atoms with E-state index in [1.54, 1.807) is 18.2 Å². The van der Waals surface area contributed by atoms with Gasteiger partial charge in [-0.05, 0) is 12.1 Å². The van der Waals surface area contributed by atoms with Crippen molar-refractivity contribution < 1.29 is 0 Å². The van der Waals surface area contributed by atoms with Gasteiger partial charge < -0.3 is 4.98 Å². The van der Waals surface area contributed by atoms with Gasteiger partial charge in [-0.15, -0.1) is 0 Å². The highest BCUT2D eigenvalue weighted by atomic mass is 35.5. The Bertz CT molecular complexity index is 581. The molecule has 0 unspecified atom stereocenters. The van der Waals surface area contributed by atoms with Crippen molar-refractivity contribution in [2.24, 2.45) is 0 Å². The molecule has 0 bridgehead atoms. The standard InChI is InChI=1S/C11H5Cl3N2/c12-7-3-1-2-6(4-7)10-8(5-15)9(13)11(14)16-10/h1-4,16H. The normalized spacial score (nSPS) is 10.1. The lowest BCUT2D eigenvalue weighted by molar-refractivity contribution is 1.39. The van der Waals surface area contributed by atoms with Crippen molar-refractivity contribution in [1.29, 1.82) is 5.26 Å². The van der Waals surface area contributed by atoms with Crippen molar-refractivity contribution >= 4 is 34.8 Å². The average Bonchev–Trinajstić information content (AvgIpc) is 2.55. The summed E-state index contributed by atoms with van der Waals surface area (Å²) in [6, 6.07) is 9.12. The zero-order chi connectivity index (χ0) is 11.7. The van der Waals surface area contributed by atoms with Crippen LogP contribution in [0.1, 0.15) is 5.56 Å². The number of rotatable bonds is 1. The highest BCUT2D eigenvalue weighted by Crippen LogP contribution is 2.34. The molecule has 2 aromatic rings. The fourth-order valence-electron chi connectivity index (χ4n) is 1.41. The van der Waals surface area contributed by atoms with Gasteiger partial charge in [-0.2, -0.15) is 5.26 Å². The Hall–Kier alpha value is -1.14. The minimum atomic E-state index is 0.235. The Morgan fingerprint density at radius 1 is 1.19 bits per heavy atom. The summed E-state index contributed by atoms with van der Waals surface area (Å²) >= 11 is 17.6. The SMILES string of the molecule is N#Cc1c(-c2cccc(Cl)c2)[nH]c(Cl)c1Cl. The number of nitriles is 1. The van der Waals surface area contributed by atoms with Crippen molar-refractivity contribution in [2.45, 2.75) is 0 Å². The maximum atomic E-state index is 9.00. The predicted octanol–water partition coefficient (Wildman–Crippen LogP) is 4.51. The second kappa shape index (κ2) is 4.39. The van der Waals surface area contributed by atoms with Crippen molar-refractivity contribution in [3.8, 4) is 17.3 Å². The molecular formula is C11H5Cl3N2. The van der Waals surface area contributed by atoms with Crippen LogP contribution in [0, 0.1) is 11.3 Å². The Balaban J connectivity index is 2.66. The zero-order valence-electron chi connectivity index (χ0n) is 7.89. The van der Waals surface area contributed by atoms with Gasteiger partial charge in [0.15, 0.2) is 0 Å². The van der Waals surface area contributed by atoms with E-state index in [0.717, 1.165) is 5.56 Å². The van der Waals surface area contributed by atoms with Gasteiger partial charge in [-0.3, -0.25) is 0 Å². The maximum Gasteiger partial charge on any atom is 0.127 e. The molecule has 2 rings (SSSR count). The van der Waals surface area contributed by atoms with E-state index in [-0.39, 0.29) is 10.2 Å². The summed E-state index contributed by atoms with van der Waals surface area (Å²) in [4.78, 5) is 2.86. The number of aromatic nitrogens is 1. The van der Waals surface area contributed by atoms with E-state index in [2.05, 4.69) is 4.98 Å². The molecule has 0 aliphatic rings. The first kappa shape index (κ1) is 11.3.